The van der Waals surface area contributed by atoms with E-state index in [4.69, 9.17) is 0 Å². The maximum Gasteiger partial charge on any atom is 0.0268 e. The molecule has 0 aliphatic carbocycles. The summed E-state index contributed by atoms with van der Waals surface area (Å²) >= 11 is 0. The van der Waals surface area contributed by atoms with E-state index < -0.39 is 0 Å². The van der Waals surface area contributed by atoms with Gasteiger partial charge in [-0.15, -0.1) is 0 Å². The molecule has 2 aliphatic heterocycles. The van der Waals surface area contributed by atoms with Crippen molar-refractivity contribution in [3.05, 3.63) is 6.54 Å². The molecule has 0 aromatic carbocycles. The zero-order valence-electron chi connectivity index (χ0n) is 5.56. The van der Waals surface area contributed by atoms with Gasteiger partial charge in [-0.1, -0.05) is 0 Å². The van der Waals surface area contributed by atoms with Crippen LogP contribution in [-0.4, -0.2) is 19.1 Å². The number of hydrogen-bond acceptors (Lipinski definition) is 2. The Balaban J connectivity index is 1.97. The van der Waals surface area contributed by atoms with Crippen LogP contribution in [0.4, 0.5) is 0 Å². The van der Waals surface area contributed by atoms with Crippen molar-refractivity contribution in [1.29, 1.82) is 0 Å². The van der Waals surface area contributed by atoms with E-state index in [1.165, 1.54) is 19.4 Å². The van der Waals surface area contributed by atoms with E-state index in [1.807, 2.05) is 0 Å². The maximum atomic E-state index is 3.49. The molecular weight excluding hydrogens is 112 g/mol. The smallest absolute Gasteiger partial charge is 0.0268 e. The van der Waals surface area contributed by atoms with Gasteiger partial charge in [0.1, 0.15) is 0 Å². The van der Waals surface area contributed by atoms with Crippen LogP contribution < -0.4 is 10.6 Å². The number of rotatable bonds is 0. The Kier molecular flexibility index (Phi) is 1.44. The largest absolute Gasteiger partial charge is 0.314 e. The molecule has 2 unspecified atom stereocenters. The molecule has 9 heavy (non-hydrogen) atoms. The van der Waals surface area contributed by atoms with Crippen LogP contribution >= 0.6 is 0 Å². The van der Waals surface area contributed by atoms with Crippen LogP contribution in [0, 0.1) is 12.5 Å². The summed E-state index contributed by atoms with van der Waals surface area (Å²) in [6, 6.07) is 0.797. The van der Waals surface area contributed by atoms with Crippen molar-refractivity contribution in [1.82, 2.24) is 10.6 Å². The summed E-state index contributed by atoms with van der Waals surface area (Å²) in [5.74, 6) is 0.818. The Morgan fingerprint density at radius 2 is 2.22 bits per heavy atom. The minimum Gasteiger partial charge on any atom is -0.314 e. The number of piperidine rings is 1. The average molecular weight is 125 g/mol. The first kappa shape index (κ1) is 5.69. The zero-order chi connectivity index (χ0) is 6.10. The van der Waals surface area contributed by atoms with Gasteiger partial charge in [0.05, 0.1) is 0 Å². The third kappa shape index (κ3) is 0.970. The van der Waals surface area contributed by atoms with Gasteiger partial charge in [0.2, 0.25) is 0 Å². The molecule has 2 rings (SSSR count). The predicted octanol–water partition coefficient (Wildman–Crippen LogP) is 0.120. The lowest BCUT2D eigenvalue weighted by Crippen LogP contribution is -2.38. The minimum atomic E-state index is 0.797. The molecule has 0 saturated carbocycles. The van der Waals surface area contributed by atoms with Crippen LogP contribution in [0.15, 0.2) is 0 Å². The van der Waals surface area contributed by atoms with Crippen LogP contribution in [0.1, 0.15) is 12.8 Å². The van der Waals surface area contributed by atoms with Gasteiger partial charge in [-0.25, -0.2) is 0 Å². The van der Waals surface area contributed by atoms with E-state index in [9.17, 15) is 0 Å². The lowest BCUT2D eigenvalue weighted by molar-refractivity contribution is 0.392. The number of nitrogens with one attached hydrogen (secondary N) is 2. The molecule has 51 valence electrons. The fourth-order valence-electron chi connectivity index (χ4n) is 1.78. The summed E-state index contributed by atoms with van der Waals surface area (Å²) in [5, 5.41) is 6.78. The molecule has 2 heterocycles. The third-order valence-electron chi connectivity index (χ3n) is 2.33. The first-order valence-corrected chi connectivity index (χ1v) is 3.77. The van der Waals surface area contributed by atoms with Crippen molar-refractivity contribution in [2.45, 2.75) is 18.9 Å². The van der Waals surface area contributed by atoms with Crippen molar-refractivity contribution in [3.63, 3.8) is 0 Å². The average Bonchev–Trinajstić information content (AvgIpc) is 2.33. The molecule has 0 amide bonds. The highest BCUT2D eigenvalue weighted by molar-refractivity contribution is 4.94. The van der Waals surface area contributed by atoms with Gasteiger partial charge < -0.3 is 10.6 Å². The van der Waals surface area contributed by atoms with E-state index in [2.05, 4.69) is 17.2 Å². The second kappa shape index (κ2) is 2.27. The molecule has 1 radical (unpaired) electrons. The Bertz CT molecular complexity index is 91.1. The van der Waals surface area contributed by atoms with Gasteiger partial charge in [0, 0.05) is 12.6 Å². The van der Waals surface area contributed by atoms with E-state index in [-0.39, 0.29) is 0 Å². The third-order valence-corrected chi connectivity index (χ3v) is 2.33. The number of hydrogen-bond donors (Lipinski definition) is 2. The molecule has 0 spiro atoms. The lowest BCUT2D eigenvalue weighted by atomic mass is 9.95. The fraction of sp³-hybridized carbons (Fsp3) is 0.857. The van der Waals surface area contributed by atoms with Gasteiger partial charge >= 0.3 is 0 Å². The van der Waals surface area contributed by atoms with Crippen molar-refractivity contribution < 1.29 is 0 Å². The van der Waals surface area contributed by atoms with Gasteiger partial charge in [-0.2, -0.15) is 0 Å². The molecular formula is C7H13N2. The Morgan fingerprint density at radius 3 is 3.11 bits per heavy atom. The van der Waals surface area contributed by atoms with Crippen LogP contribution in [0.5, 0.6) is 0 Å². The molecule has 2 heteroatoms. The normalized spacial score (nSPS) is 42.7. The number of fused-ring (bicyclic) bond motifs is 1. The fourth-order valence-corrected chi connectivity index (χ4v) is 1.78. The van der Waals surface area contributed by atoms with Crippen molar-refractivity contribution >= 4 is 0 Å². The topological polar surface area (TPSA) is 24.1 Å². The van der Waals surface area contributed by atoms with Crippen molar-refractivity contribution in [2.24, 2.45) is 5.92 Å². The van der Waals surface area contributed by atoms with E-state index in [0.29, 0.717) is 0 Å². The van der Waals surface area contributed by atoms with E-state index >= 15 is 0 Å². The maximum absolute atomic E-state index is 3.49. The SMILES string of the molecule is [CH]1NCCC2NCCC12. The highest BCUT2D eigenvalue weighted by Gasteiger charge is 2.28. The summed E-state index contributed by atoms with van der Waals surface area (Å²) in [4.78, 5) is 0. The van der Waals surface area contributed by atoms with Gasteiger partial charge in [-0.05, 0) is 31.8 Å². The van der Waals surface area contributed by atoms with Crippen LogP contribution in [0.3, 0.4) is 0 Å². The summed E-state index contributed by atoms with van der Waals surface area (Å²) in [6.07, 6.45) is 2.64. The molecule has 2 atom stereocenters. The molecule has 0 aromatic rings. The monoisotopic (exact) mass is 125 g/mol. The summed E-state index contributed by atoms with van der Waals surface area (Å²) < 4.78 is 0. The van der Waals surface area contributed by atoms with Crippen molar-refractivity contribution in [2.75, 3.05) is 13.1 Å². The molecule has 2 saturated heterocycles. The second-order valence-corrected chi connectivity index (χ2v) is 2.92. The summed E-state index contributed by atoms with van der Waals surface area (Å²) in [5.41, 5.74) is 0. The molecule has 2 fully saturated rings. The minimum absolute atomic E-state index is 0.797. The summed E-state index contributed by atoms with van der Waals surface area (Å²) in [6.45, 7) is 4.63. The standard InChI is InChI=1S/C7H13N2/c1-4-9-7-2-3-8-5-6(1)7/h5-9H,1-4H2. The molecule has 2 aliphatic rings. The predicted molar refractivity (Wildman–Crippen MR) is 36.8 cm³/mol. The Labute approximate surface area is 56.0 Å². The second-order valence-electron chi connectivity index (χ2n) is 2.92. The lowest BCUT2D eigenvalue weighted by Gasteiger charge is -2.24. The summed E-state index contributed by atoms with van der Waals surface area (Å²) in [7, 11) is 0. The molecule has 0 aromatic heterocycles. The molecule has 0 bridgehead atoms. The van der Waals surface area contributed by atoms with E-state index in [1.54, 1.807) is 0 Å². The highest BCUT2D eigenvalue weighted by atomic mass is 15.0. The van der Waals surface area contributed by atoms with Crippen LogP contribution in [-0.2, 0) is 0 Å². The van der Waals surface area contributed by atoms with Gasteiger partial charge in [-0.3, -0.25) is 0 Å². The van der Waals surface area contributed by atoms with Crippen LogP contribution in [0.2, 0.25) is 0 Å². The Hall–Kier alpha value is -0.0800. The molecule has 2 nitrogen and oxygen atoms in total. The van der Waals surface area contributed by atoms with Gasteiger partial charge in [0.25, 0.3) is 0 Å². The first-order chi connectivity index (χ1) is 4.47. The van der Waals surface area contributed by atoms with E-state index in [0.717, 1.165) is 18.5 Å². The van der Waals surface area contributed by atoms with Gasteiger partial charge in [0.15, 0.2) is 0 Å². The zero-order valence-corrected chi connectivity index (χ0v) is 5.56. The van der Waals surface area contributed by atoms with Crippen LogP contribution in [0.25, 0.3) is 0 Å². The van der Waals surface area contributed by atoms with Crippen molar-refractivity contribution in [3.8, 4) is 0 Å². The molecule has 2 N–H and O–H groups in total. The highest BCUT2D eigenvalue weighted by Crippen LogP contribution is 2.22. The Morgan fingerprint density at radius 1 is 1.22 bits per heavy atom. The quantitative estimate of drug-likeness (QED) is 0.480. The first-order valence-electron chi connectivity index (χ1n) is 3.77.